The summed E-state index contributed by atoms with van der Waals surface area (Å²) in [6, 6.07) is 4.44. The number of carbonyl (C=O) groups excluding carboxylic acids is 1. The fourth-order valence-electron chi connectivity index (χ4n) is 1.94. The van der Waals surface area contributed by atoms with Gasteiger partial charge in [-0.15, -0.1) is 0 Å². The number of amides is 1. The van der Waals surface area contributed by atoms with Crippen LogP contribution in [0.4, 0.5) is 8.78 Å². The van der Waals surface area contributed by atoms with Gasteiger partial charge in [0.15, 0.2) is 11.5 Å². The number of nitrogens with zero attached hydrogens (tertiary/aromatic N) is 1. The maximum atomic E-state index is 12.6. The number of hydrogen-bond donors (Lipinski definition) is 1. The Labute approximate surface area is 145 Å². The van der Waals surface area contributed by atoms with Crippen LogP contribution in [0.15, 0.2) is 23.1 Å². The number of halogens is 2. The normalized spacial score (nSPS) is 16.2. The van der Waals surface area contributed by atoms with Crippen LogP contribution in [0.3, 0.4) is 0 Å². The lowest BCUT2D eigenvalue weighted by molar-refractivity contribution is -0.140. The third-order valence-electron chi connectivity index (χ3n) is 2.89. The molecule has 128 valence electrons. The standard InChI is InChI=1S/C14H11F2NO5S2/c1-21-8-4-2-3-7(11(8)22-13(15)16)5-9-12(20)17(6-10(18)19)14(23)24-9/h2-5,13H,6H2,1H3,(H,18,19)/b9-5-. The van der Waals surface area contributed by atoms with Crippen molar-refractivity contribution in [2.24, 2.45) is 0 Å². The van der Waals surface area contributed by atoms with Crippen molar-refractivity contribution >= 4 is 46.3 Å². The number of ether oxygens (including phenoxy) is 2. The van der Waals surface area contributed by atoms with Gasteiger partial charge in [0.05, 0.1) is 12.0 Å². The molecule has 1 aliphatic rings. The summed E-state index contributed by atoms with van der Waals surface area (Å²) in [7, 11) is 1.30. The van der Waals surface area contributed by atoms with Crippen LogP contribution in [0.25, 0.3) is 6.08 Å². The average molecular weight is 375 g/mol. The van der Waals surface area contributed by atoms with E-state index in [1.807, 2.05) is 0 Å². The Morgan fingerprint density at radius 1 is 1.50 bits per heavy atom. The van der Waals surface area contributed by atoms with Crippen LogP contribution in [-0.2, 0) is 9.59 Å². The second kappa shape index (κ2) is 7.58. The SMILES string of the molecule is COc1cccc(/C=C2\SC(=S)N(CC(=O)O)C2=O)c1OC(F)F. The van der Waals surface area contributed by atoms with E-state index < -0.39 is 25.0 Å². The number of thiocarbonyl (C=S) groups is 1. The van der Waals surface area contributed by atoms with Gasteiger partial charge >= 0.3 is 12.6 Å². The summed E-state index contributed by atoms with van der Waals surface area (Å²) in [6.45, 7) is -3.64. The molecule has 1 fully saturated rings. The number of para-hydroxylation sites is 1. The summed E-state index contributed by atoms with van der Waals surface area (Å²) in [5.74, 6) is -1.97. The number of carboxylic acid groups (broad SMARTS) is 1. The number of methoxy groups -OCH3 is 1. The van der Waals surface area contributed by atoms with Crippen molar-refractivity contribution in [3.8, 4) is 11.5 Å². The number of benzene rings is 1. The molecule has 1 aromatic carbocycles. The highest BCUT2D eigenvalue weighted by atomic mass is 32.2. The summed E-state index contributed by atoms with van der Waals surface area (Å²) in [6.07, 6.45) is 1.31. The first-order chi connectivity index (χ1) is 11.3. The minimum absolute atomic E-state index is 0.0741. The minimum Gasteiger partial charge on any atom is -0.493 e. The van der Waals surface area contributed by atoms with E-state index in [1.54, 1.807) is 6.07 Å². The molecule has 0 saturated carbocycles. The Balaban J connectivity index is 2.39. The molecule has 1 N–H and O–H groups in total. The Hall–Kier alpha value is -2.20. The van der Waals surface area contributed by atoms with E-state index in [0.29, 0.717) is 0 Å². The Morgan fingerprint density at radius 3 is 2.79 bits per heavy atom. The zero-order valence-corrected chi connectivity index (χ0v) is 13.8. The summed E-state index contributed by atoms with van der Waals surface area (Å²) >= 11 is 5.85. The molecule has 1 aromatic rings. The molecule has 1 amide bonds. The van der Waals surface area contributed by atoms with Crippen molar-refractivity contribution < 1.29 is 33.0 Å². The van der Waals surface area contributed by atoms with Crippen LogP contribution in [-0.4, -0.2) is 46.5 Å². The number of carbonyl (C=O) groups is 2. The lowest BCUT2D eigenvalue weighted by Gasteiger charge is -2.13. The number of thioether (sulfide) groups is 1. The van der Waals surface area contributed by atoms with Crippen molar-refractivity contribution in [2.45, 2.75) is 6.61 Å². The summed E-state index contributed by atoms with van der Waals surface area (Å²) < 4.78 is 34.7. The quantitative estimate of drug-likeness (QED) is 0.605. The lowest BCUT2D eigenvalue weighted by atomic mass is 10.1. The van der Waals surface area contributed by atoms with Crippen LogP contribution in [0, 0.1) is 0 Å². The fourth-order valence-corrected chi connectivity index (χ4v) is 3.18. The van der Waals surface area contributed by atoms with Gasteiger partial charge in [0.25, 0.3) is 5.91 Å². The molecule has 0 aliphatic carbocycles. The minimum atomic E-state index is -3.07. The molecule has 1 aliphatic heterocycles. The number of aliphatic carboxylic acids is 1. The van der Waals surface area contributed by atoms with Gasteiger partial charge in [-0.05, 0) is 12.1 Å². The van der Waals surface area contributed by atoms with Crippen molar-refractivity contribution in [1.82, 2.24) is 4.90 Å². The van der Waals surface area contributed by atoms with Crippen LogP contribution in [0.1, 0.15) is 5.56 Å². The Morgan fingerprint density at radius 2 is 2.21 bits per heavy atom. The zero-order chi connectivity index (χ0) is 17.9. The average Bonchev–Trinajstić information content (AvgIpc) is 2.75. The van der Waals surface area contributed by atoms with Gasteiger partial charge in [-0.25, -0.2) is 0 Å². The van der Waals surface area contributed by atoms with Crippen LogP contribution in [0.5, 0.6) is 11.5 Å². The first-order valence-corrected chi connectivity index (χ1v) is 7.65. The van der Waals surface area contributed by atoms with Gasteiger partial charge in [0.2, 0.25) is 0 Å². The predicted molar refractivity (Wildman–Crippen MR) is 87.1 cm³/mol. The van der Waals surface area contributed by atoms with Crippen LogP contribution in [0.2, 0.25) is 0 Å². The molecule has 0 atom stereocenters. The first kappa shape index (κ1) is 18.1. The molecule has 0 spiro atoms. The van der Waals surface area contributed by atoms with Gasteiger partial charge in [-0.1, -0.05) is 36.1 Å². The summed E-state index contributed by atoms with van der Waals surface area (Å²) in [5.41, 5.74) is 0.186. The van der Waals surface area contributed by atoms with Gasteiger partial charge < -0.3 is 14.6 Å². The van der Waals surface area contributed by atoms with Gasteiger partial charge in [0, 0.05) is 5.56 Å². The second-order valence-electron chi connectivity index (χ2n) is 4.42. The van der Waals surface area contributed by atoms with E-state index >= 15 is 0 Å². The van der Waals surface area contributed by atoms with E-state index in [9.17, 15) is 18.4 Å². The zero-order valence-electron chi connectivity index (χ0n) is 12.2. The van der Waals surface area contributed by atoms with E-state index in [1.165, 1.54) is 25.3 Å². The molecule has 1 saturated heterocycles. The van der Waals surface area contributed by atoms with E-state index in [0.717, 1.165) is 16.7 Å². The topological polar surface area (TPSA) is 76.1 Å². The summed E-state index contributed by atoms with van der Waals surface area (Å²) in [4.78, 5) is 24.0. The van der Waals surface area contributed by atoms with Gasteiger partial charge in [-0.3, -0.25) is 14.5 Å². The predicted octanol–water partition coefficient (Wildman–Crippen LogP) is 2.58. The molecule has 2 rings (SSSR count). The largest absolute Gasteiger partial charge is 0.493 e. The van der Waals surface area contributed by atoms with Crippen molar-refractivity contribution in [2.75, 3.05) is 13.7 Å². The molecule has 0 radical (unpaired) electrons. The maximum absolute atomic E-state index is 12.6. The highest BCUT2D eigenvalue weighted by Gasteiger charge is 2.33. The van der Waals surface area contributed by atoms with Crippen LogP contribution >= 0.6 is 24.0 Å². The smallest absolute Gasteiger partial charge is 0.387 e. The third kappa shape index (κ3) is 4.01. The number of carboxylic acids is 1. The van der Waals surface area contributed by atoms with E-state index in [2.05, 4.69) is 4.74 Å². The Kier molecular flexibility index (Phi) is 5.73. The number of hydrogen-bond acceptors (Lipinski definition) is 6. The second-order valence-corrected chi connectivity index (χ2v) is 6.09. The molecule has 10 heteroatoms. The molecule has 24 heavy (non-hydrogen) atoms. The first-order valence-electron chi connectivity index (χ1n) is 6.42. The Bertz CT molecular complexity index is 723. The molecule has 1 heterocycles. The van der Waals surface area contributed by atoms with Gasteiger partial charge in [0.1, 0.15) is 10.9 Å². The van der Waals surface area contributed by atoms with Crippen molar-refractivity contribution in [3.63, 3.8) is 0 Å². The molecule has 0 aromatic heterocycles. The van der Waals surface area contributed by atoms with Crippen molar-refractivity contribution in [3.05, 3.63) is 28.7 Å². The number of alkyl halides is 2. The molecule has 6 nitrogen and oxygen atoms in total. The molecule has 0 unspecified atom stereocenters. The lowest BCUT2D eigenvalue weighted by Crippen LogP contribution is -2.33. The van der Waals surface area contributed by atoms with E-state index in [4.69, 9.17) is 22.1 Å². The van der Waals surface area contributed by atoms with Crippen molar-refractivity contribution in [1.29, 1.82) is 0 Å². The molecular formula is C14H11F2NO5S2. The monoisotopic (exact) mass is 375 g/mol. The van der Waals surface area contributed by atoms with E-state index in [-0.39, 0.29) is 26.3 Å². The summed E-state index contributed by atoms with van der Waals surface area (Å²) in [5, 5.41) is 8.79. The molecule has 0 bridgehead atoms. The van der Waals surface area contributed by atoms with Crippen LogP contribution < -0.4 is 9.47 Å². The maximum Gasteiger partial charge on any atom is 0.387 e. The van der Waals surface area contributed by atoms with Gasteiger partial charge in [-0.2, -0.15) is 8.78 Å². The highest BCUT2D eigenvalue weighted by Crippen LogP contribution is 2.38. The third-order valence-corrected chi connectivity index (χ3v) is 4.27. The highest BCUT2D eigenvalue weighted by molar-refractivity contribution is 8.26. The fraction of sp³-hybridized carbons (Fsp3) is 0.214. The molecular weight excluding hydrogens is 364 g/mol. The number of rotatable bonds is 6.